The molecule has 5 atom stereocenters. The summed E-state index contributed by atoms with van der Waals surface area (Å²) < 4.78 is 67.8. The van der Waals surface area contributed by atoms with Gasteiger partial charge in [-0.3, -0.25) is 37.3 Å². The zero-order valence-corrected chi connectivity index (χ0v) is 55.1. The molecule has 0 saturated heterocycles. The molecule has 17 nitrogen and oxygen atoms in total. The average Bonchev–Trinajstić information content (AvgIpc) is 3.46. The number of ether oxygens (including phenoxy) is 4. The third-order valence-corrected chi connectivity index (χ3v) is 16.7. The fraction of sp³-hybridized carbons (Fsp3) is 0.938. The van der Waals surface area contributed by atoms with E-state index in [1.54, 1.807) is 0 Å². The minimum absolute atomic E-state index is 0.105. The summed E-state index contributed by atoms with van der Waals surface area (Å²) in [6.07, 6.45) is 42.1. The number of carbonyl (C=O) groups is 4. The van der Waals surface area contributed by atoms with E-state index >= 15 is 0 Å². The number of hydrogen-bond acceptors (Lipinski definition) is 15. The van der Waals surface area contributed by atoms with Crippen molar-refractivity contribution < 1.29 is 80.2 Å². The molecule has 0 spiro atoms. The van der Waals surface area contributed by atoms with Crippen LogP contribution in [0.1, 0.15) is 324 Å². The minimum Gasteiger partial charge on any atom is -0.462 e. The SMILES string of the molecule is CCCCCCCCCCCCCCCCCCCC(=O)O[C@H](COC(=O)CCCCCCCCCCC(C)C)COP(=O)(O)OC[C@@H](O)COP(=O)(O)OC[C@@H](COC(=O)CCCCCCC)OC(=O)CCCCCCCCCCCC. The summed E-state index contributed by atoms with van der Waals surface area (Å²) in [6, 6.07) is 0. The lowest BCUT2D eigenvalue weighted by molar-refractivity contribution is -0.161. The van der Waals surface area contributed by atoms with Crippen molar-refractivity contribution in [3.63, 3.8) is 0 Å². The molecule has 0 heterocycles. The zero-order chi connectivity index (χ0) is 61.3. The first-order valence-electron chi connectivity index (χ1n) is 33.6. The van der Waals surface area contributed by atoms with Gasteiger partial charge in [0.05, 0.1) is 26.4 Å². The van der Waals surface area contributed by atoms with Crippen molar-refractivity contribution in [2.24, 2.45) is 5.92 Å². The fourth-order valence-electron chi connectivity index (χ4n) is 9.58. The van der Waals surface area contributed by atoms with E-state index in [2.05, 4.69) is 34.6 Å². The molecular formula is C64H124O17P2. The van der Waals surface area contributed by atoms with Crippen molar-refractivity contribution in [2.75, 3.05) is 39.6 Å². The van der Waals surface area contributed by atoms with Crippen molar-refractivity contribution in [2.45, 2.75) is 342 Å². The highest BCUT2D eigenvalue weighted by Crippen LogP contribution is 2.45. The highest BCUT2D eigenvalue weighted by atomic mass is 31.2. The molecule has 0 amide bonds. The molecule has 0 fully saturated rings. The smallest absolute Gasteiger partial charge is 0.462 e. The van der Waals surface area contributed by atoms with Gasteiger partial charge in [-0.25, -0.2) is 9.13 Å². The van der Waals surface area contributed by atoms with Gasteiger partial charge in [-0.15, -0.1) is 0 Å². The second-order valence-corrected chi connectivity index (χ2v) is 26.5. The Kier molecular flexibility index (Phi) is 56.4. The summed E-state index contributed by atoms with van der Waals surface area (Å²) in [5.74, 6) is -1.42. The van der Waals surface area contributed by atoms with Gasteiger partial charge in [0.25, 0.3) is 0 Å². The van der Waals surface area contributed by atoms with Gasteiger partial charge in [-0.2, -0.15) is 0 Å². The molecule has 0 radical (unpaired) electrons. The molecule has 0 saturated carbocycles. The fourth-order valence-corrected chi connectivity index (χ4v) is 11.2. The summed E-state index contributed by atoms with van der Waals surface area (Å²) in [6.45, 7) is 7.07. The average molecular weight is 1230 g/mol. The first-order valence-corrected chi connectivity index (χ1v) is 36.6. The Hall–Kier alpha value is -1.94. The molecule has 83 heavy (non-hydrogen) atoms. The maximum absolute atomic E-state index is 13.0. The van der Waals surface area contributed by atoms with Crippen LogP contribution in [0.15, 0.2) is 0 Å². The molecule has 0 aromatic carbocycles. The number of phosphoric acid groups is 2. The second kappa shape index (κ2) is 57.8. The van der Waals surface area contributed by atoms with Crippen LogP contribution >= 0.6 is 15.6 Å². The Bertz CT molecular complexity index is 1620. The maximum Gasteiger partial charge on any atom is 0.472 e. The molecule has 0 aliphatic heterocycles. The molecule has 0 rings (SSSR count). The van der Waals surface area contributed by atoms with Crippen molar-refractivity contribution in [3.8, 4) is 0 Å². The maximum atomic E-state index is 13.0. The lowest BCUT2D eigenvalue weighted by Crippen LogP contribution is -2.30. The van der Waals surface area contributed by atoms with Gasteiger partial charge in [0.2, 0.25) is 0 Å². The van der Waals surface area contributed by atoms with Gasteiger partial charge in [-0.1, -0.05) is 272 Å². The van der Waals surface area contributed by atoms with Crippen LogP contribution in [-0.2, 0) is 65.4 Å². The van der Waals surface area contributed by atoms with E-state index in [4.69, 9.17) is 37.0 Å². The molecular weight excluding hydrogens is 1100 g/mol. The Morgan fingerprint density at radius 3 is 0.819 bits per heavy atom. The third-order valence-electron chi connectivity index (χ3n) is 14.8. The third kappa shape index (κ3) is 58.8. The summed E-state index contributed by atoms with van der Waals surface area (Å²) in [5, 5.41) is 10.5. The van der Waals surface area contributed by atoms with Crippen LogP contribution in [0, 0.1) is 5.92 Å². The van der Waals surface area contributed by atoms with Crippen LogP contribution in [0.25, 0.3) is 0 Å². The highest BCUT2D eigenvalue weighted by Gasteiger charge is 2.30. The standard InChI is InChI=1S/C64H124O17P2/c1-6-9-12-15-17-19-21-22-23-24-25-26-27-29-35-40-45-50-64(69)81-60(54-75-62(67)48-43-38-33-31-30-32-37-41-46-57(4)5)56-79-83(72,73)77-52-58(65)51-76-82(70,71)78-55-59(53-74-61(66)47-42-36-14-11-8-3)80-63(68)49-44-39-34-28-20-18-16-13-10-7-2/h57-60,65H,6-56H2,1-5H3,(H,70,71)(H,72,73)/t58-,59+,60+/m0/s1. The second-order valence-electron chi connectivity index (χ2n) is 23.6. The molecule has 0 aliphatic rings. The number of phosphoric ester groups is 2. The quantitative estimate of drug-likeness (QED) is 0.0222. The first-order chi connectivity index (χ1) is 40.0. The van der Waals surface area contributed by atoms with Gasteiger partial charge in [-0.05, 0) is 31.6 Å². The van der Waals surface area contributed by atoms with Crippen LogP contribution in [0.2, 0.25) is 0 Å². The molecule has 0 bridgehead atoms. The number of esters is 4. The van der Waals surface area contributed by atoms with Crippen molar-refractivity contribution >= 4 is 39.5 Å². The Morgan fingerprint density at radius 1 is 0.325 bits per heavy atom. The van der Waals surface area contributed by atoms with Gasteiger partial charge in [0, 0.05) is 25.7 Å². The normalized spacial score (nSPS) is 14.2. The van der Waals surface area contributed by atoms with E-state index in [1.165, 1.54) is 141 Å². The van der Waals surface area contributed by atoms with E-state index in [0.29, 0.717) is 25.7 Å². The highest BCUT2D eigenvalue weighted by molar-refractivity contribution is 7.47. The lowest BCUT2D eigenvalue weighted by Gasteiger charge is -2.21. The Morgan fingerprint density at radius 2 is 0.554 bits per heavy atom. The van der Waals surface area contributed by atoms with Crippen LogP contribution in [0.4, 0.5) is 0 Å². The predicted octanol–water partition coefficient (Wildman–Crippen LogP) is 17.8. The minimum atomic E-state index is -4.94. The summed E-state index contributed by atoms with van der Waals surface area (Å²) >= 11 is 0. The monoisotopic (exact) mass is 1230 g/mol. The molecule has 2 unspecified atom stereocenters. The Labute approximate surface area is 505 Å². The van der Waals surface area contributed by atoms with Gasteiger partial charge in [0.1, 0.15) is 19.3 Å². The van der Waals surface area contributed by atoms with E-state index < -0.39 is 97.5 Å². The van der Waals surface area contributed by atoms with E-state index in [0.717, 1.165) is 102 Å². The predicted molar refractivity (Wildman–Crippen MR) is 331 cm³/mol. The number of aliphatic hydroxyl groups is 1. The van der Waals surface area contributed by atoms with Crippen LogP contribution in [-0.4, -0.2) is 96.7 Å². The summed E-state index contributed by atoms with van der Waals surface area (Å²) in [7, 11) is -9.88. The van der Waals surface area contributed by atoms with E-state index in [1.807, 2.05) is 0 Å². The number of carbonyl (C=O) groups excluding carboxylic acids is 4. The summed E-state index contributed by atoms with van der Waals surface area (Å²) in [4.78, 5) is 71.9. The molecule has 492 valence electrons. The van der Waals surface area contributed by atoms with Crippen LogP contribution in [0.5, 0.6) is 0 Å². The van der Waals surface area contributed by atoms with E-state index in [9.17, 15) is 43.2 Å². The lowest BCUT2D eigenvalue weighted by atomic mass is 10.0. The largest absolute Gasteiger partial charge is 0.472 e. The number of unbranched alkanes of at least 4 members (excludes halogenated alkanes) is 36. The molecule has 3 N–H and O–H groups in total. The van der Waals surface area contributed by atoms with Crippen LogP contribution in [0.3, 0.4) is 0 Å². The summed E-state index contributed by atoms with van der Waals surface area (Å²) in [5.41, 5.74) is 0. The Balaban J connectivity index is 5.15. The topological polar surface area (TPSA) is 237 Å². The molecule has 0 aromatic rings. The molecule has 0 aromatic heterocycles. The zero-order valence-electron chi connectivity index (χ0n) is 53.3. The first kappa shape index (κ1) is 81.1. The van der Waals surface area contributed by atoms with E-state index in [-0.39, 0.29) is 25.7 Å². The van der Waals surface area contributed by atoms with Crippen molar-refractivity contribution in [1.29, 1.82) is 0 Å². The number of rotatable bonds is 64. The van der Waals surface area contributed by atoms with Crippen molar-refractivity contribution in [1.82, 2.24) is 0 Å². The number of hydrogen-bond donors (Lipinski definition) is 3. The van der Waals surface area contributed by atoms with Gasteiger partial charge < -0.3 is 33.8 Å². The van der Waals surface area contributed by atoms with Crippen molar-refractivity contribution in [3.05, 3.63) is 0 Å². The number of aliphatic hydroxyl groups excluding tert-OH is 1. The molecule has 19 heteroatoms. The van der Waals surface area contributed by atoms with Gasteiger partial charge in [0.15, 0.2) is 12.2 Å². The van der Waals surface area contributed by atoms with Crippen LogP contribution < -0.4 is 0 Å². The molecule has 0 aliphatic carbocycles. The van der Waals surface area contributed by atoms with Gasteiger partial charge >= 0.3 is 39.5 Å².